The van der Waals surface area contributed by atoms with Gasteiger partial charge in [0.1, 0.15) is 24.6 Å². The van der Waals surface area contributed by atoms with Crippen LogP contribution >= 0.6 is 7.60 Å². The van der Waals surface area contributed by atoms with Crippen molar-refractivity contribution in [3.8, 4) is 5.75 Å². The summed E-state index contributed by atoms with van der Waals surface area (Å²) in [5.74, 6) is -2.26. The van der Waals surface area contributed by atoms with Crippen LogP contribution in [0.3, 0.4) is 0 Å². The van der Waals surface area contributed by atoms with Crippen molar-refractivity contribution in [2.75, 3.05) is 25.1 Å². The SMILES string of the molecule is [2H]C([2H])(OP(=O)(C[C@@H](C)C(=O)OC(C)C)Oc1ccccc1)[C@H]1O[C@@H](n2cnc3c(=O)[nH]c(N)nc32)C(F)(CF)[C@H]1O. The number of alkyl halides is 2. The normalized spacial score (nSPS) is 26.2. The topological polar surface area (TPSA) is 181 Å². The van der Waals surface area contributed by atoms with Gasteiger partial charge in [0.05, 0.1) is 33.8 Å². The Bertz CT molecular complexity index is 1540. The number of hydrogen-bond donors (Lipinski definition) is 3. The molecule has 1 aliphatic heterocycles. The van der Waals surface area contributed by atoms with Gasteiger partial charge < -0.3 is 24.8 Å². The van der Waals surface area contributed by atoms with Crippen molar-refractivity contribution in [3.63, 3.8) is 0 Å². The number of aliphatic hydroxyl groups is 1. The molecule has 0 bridgehead atoms. The Balaban J connectivity index is 1.68. The van der Waals surface area contributed by atoms with Crippen LogP contribution in [0.1, 0.15) is 29.7 Å². The molecule has 13 nitrogen and oxygen atoms in total. The van der Waals surface area contributed by atoms with Crippen LogP contribution in [0.15, 0.2) is 41.5 Å². The molecule has 218 valence electrons. The smallest absolute Gasteiger partial charge is 0.380 e. The largest absolute Gasteiger partial charge is 0.463 e. The van der Waals surface area contributed by atoms with Gasteiger partial charge in [0, 0.05) is 0 Å². The minimum Gasteiger partial charge on any atom is -0.463 e. The molecule has 1 saturated heterocycles. The number of halogens is 2. The van der Waals surface area contributed by atoms with E-state index in [1.165, 1.54) is 19.1 Å². The van der Waals surface area contributed by atoms with Crippen molar-refractivity contribution in [2.24, 2.45) is 5.92 Å². The zero-order chi connectivity index (χ0) is 31.0. The second-order valence-electron chi connectivity index (χ2n) is 9.48. The van der Waals surface area contributed by atoms with Gasteiger partial charge in [-0.05, 0) is 26.0 Å². The third-order valence-corrected chi connectivity index (χ3v) is 7.79. The summed E-state index contributed by atoms with van der Waals surface area (Å²) >= 11 is 0. The van der Waals surface area contributed by atoms with E-state index in [1.807, 2.05) is 0 Å². The van der Waals surface area contributed by atoms with Gasteiger partial charge in [-0.15, -0.1) is 0 Å². The van der Waals surface area contributed by atoms with Gasteiger partial charge in [-0.2, -0.15) is 4.98 Å². The zero-order valence-corrected chi connectivity index (χ0v) is 22.6. The molecule has 4 rings (SSSR count). The first-order valence-corrected chi connectivity index (χ1v) is 13.9. The van der Waals surface area contributed by atoms with Crippen molar-refractivity contribution in [1.82, 2.24) is 19.5 Å². The van der Waals surface area contributed by atoms with Crippen molar-refractivity contribution in [3.05, 3.63) is 47.0 Å². The summed E-state index contributed by atoms with van der Waals surface area (Å²) in [6.07, 6.45) is -7.24. The van der Waals surface area contributed by atoms with Crippen molar-refractivity contribution < 1.29 is 44.5 Å². The number of nitrogens with two attached hydrogens (primary N) is 1. The van der Waals surface area contributed by atoms with Crippen LogP contribution in [0.4, 0.5) is 14.7 Å². The second-order valence-corrected chi connectivity index (χ2v) is 11.4. The average Bonchev–Trinajstić information content (AvgIpc) is 3.42. The lowest BCUT2D eigenvalue weighted by Gasteiger charge is -2.26. The highest BCUT2D eigenvalue weighted by Crippen LogP contribution is 2.51. The molecule has 2 unspecified atom stereocenters. The number of aromatic amines is 1. The number of nitrogen functional groups attached to an aromatic ring is 1. The summed E-state index contributed by atoms with van der Waals surface area (Å²) in [6, 6.07) is 7.52. The minimum absolute atomic E-state index is 0.00538. The Hall–Kier alpha value is -3.39. The van der Waals surface area contributed by atoms with Crippen molar-refractivity contribution in [1.29, 1.82) is 0 Å². The molecule has 1 aromatic carbocycles. The molecule has 0 spiro atoms. The van der Waals surface area contributed by atoms with Gasteiger partial charge in [-0.25, -0.2) is 18.3 Å². The summed E-state index contributed by atoms with van der Waals surface area (Å²) < 4.78 is 83.5. The van der Waals surface area contributed by atoms with Crippen LogP contribution in [-0.2, 0) is 23.4 Å². The summed E-state index contributed by atoms with van der Waals surface area (Å²) in [7, 11) is -4.65. The van der Waals surface area contributed by atoms with E-state index in [0.29, 0.717) is 0 Å². The first-order valence-electron chi connectivity index (χ1n) is 13.2. The fourth-order valence-corrected chi connectivity index (χ4v) is 5.71. The van der Waals surface area contributed by atoms with Crippen LogP contribution in [-0.4, -0.2) is 74.0 Å². The molecule has 1 aliphatic rings. The summed E-state index contributed by atoms with van der Waals surface area (Å²) in [5.41, 5.74) is 0.824. The molecule has 4 N–H and O–H groups in total. The van der Waals surface area contributed by atoms with Gasteiger partial charge in [0.2, 0.25) is 11.6 Å². The van der Waals surface area contributed by atoms with Gasteiger partial charge >= 0.3 is 13.6 Å². The fraction of sp³-hybridized carbons (Fsp3) is 0.500. The number of benzene rings is 1. The van der Waals surface area contributed by atoms with Gasteiger partial charge in [-0.3, -0.25) is 23.7 Å². The number of aromatic nitrogens is 4. The van der Waals surface area contributed by atoms with Gasteiger partial charge in [0.25, 0.3) is 5.56 Å². The Labute approximate surface area is 230 Å². The minimum atomic E-state index is -4.65. The zero-order valence-electron chi connectivity index (χ0n) is 23.7. The van der Waals surface area contributed by atoms with E-state index >= 15 is 4.39 Å². The van der Waals surface area contributed by atoms with Crippen LogP contribution in [0.25, 0.3) is 11.2 Å². The van der Waals surface area contributed by atoms with E-state index in [4.69, 9.17) is 27.0 Å². The number of aliphatic hydroxyl groups excluding tert-OH is 1. The molecule has 40 heavy (non-hydrogen) atoms. The number of rotatable bonds is 11. The predicted octanol–water partition coefficient (Wildman–Crippen LogP) is 2.51. The Morgan fingerprint density at radius 3 is 2.73 bits per heavy atom. The Morgan fingerprint density at radius 1 is 1.38 bits per heavy atom. The predicted molar refractivity (Wildman–Crippen MR) is 138 cm³/mol. The standard InChI is InChI=1S/C24H30F2N5O8P/c1-13(2)37-21(34)14(3)10-40(35,39-15-7-5-4-6-8-15)36-9-16-18(32)24(26,11-25)22(38-16)31-12-28-17-19(31)29-23(27)30-20(17)33/h4-8,12-14,16,18,22,32H,9-11H2,1-3H3,(H3,27,29,30,33)/t14-,16-,18+,22-,24?,40?/m1/s1/i9D2. The van der Waals surface area contributed by atoms with E-state index in [0.717, 1.165) is 10.9 Å². The number of hydrogen-bond acceptors (Lipinski definition) is 11. The van der Waals surface area contributed by atoms with Crippen LogP contribution < -0.4 is 15.8 Å². The maximum atomic E-state index is 16.1. The Morgan fingerprint density at radius 2 is 2.08 bits per heavy atom. The number of para-hydroxylation sites is 1. The lowest BCUT2D eigenvalue weighted by atomic mass is 9.97. The van der Waals surface area contributed by atoms with Crippen LogP contribution in [0.5, 0.6) is 5.75 Å². The van der Waals surface area contributed by atoms with E-state index in [1.54, 1.807) is 32.0 Å². The molecule has 0 amide bonds. The van der Waals surface area contributed by atoms with E-state index < -0.39 is 74.6 Å². The molecule has 2 aromatic heterocycles. The van der Waals surface area contributed by atoms with Gasteiger partial charge in [-0.1, -0.05) is 25.1 Å². The maximum Gasteiger partial charge on any atom is 0.380 e. The monoisotopic (exact) mass is 587 g/mol. The molecular weight excluding hydrogens is 555 g/mol. The fourth-order valence-electron chi connectivity index (χ4n) is 4.00. The number of H-pyrrole nitrogens is 1. The highest BCUT2D eigenvalue weighted by atomic mass is 31.2. The van der Waals surface area contributed by atoms with E-state index in [2.05, 4.69) is 15.0 Å². The van der Waals surface area contributed by atoms with Crippen LogP contribution in [0.2, 0.25) is 0 Å². The molecule has 0 aliphatic carbocycles. The summed E-state index contributed by atoms with van der Waals surface area (Å²) in [6.45, 7) is -0.603. The number of carbonyl (C=O) groups excluding carboxylic acids is 1. The van der Waals surface area contributed by atoms with E-state index in [-0.39, 0.29) is 22.9 Å². The molecule has 0 saturated carbocycles. The number of fused-ring (bicyclic) bond motifs is 1. The first-order chi connectivity index (χ1) is 19.6. The highest BCUT2D eigenvalue weighted by molar-refractivity contribution is 7.54. The molecule has 6 atom stereocenters. The van der Waals surface area contributed by atoms with Crippen LogP contribution in [0, 0.1) is 5.92 Å². The van der Waals surface area contributed by atoms with E-state index in [9.17, 15) is 23.7 Å². The average molecular weight is 588 g/mol. The third-order valence-electron chi connectivity index (χ3n) is 5.92. The first kappa shape index (κ1) is 26.8. The lowest BCUT2D eigenvalue weighted by molar-refractivity contribution is -0.151. The number of carbonyl (C=O) groups is 1. The molecule has 1 fully saturated rings. The summed E-state index contributed by atoms with van der Waals surface area (Å²) in [5, 5.41) is 10.8. The highest BCUT2D eigenvalue weighted by Gasteiger charge is 2.59. The third kappa shape index (κ3) is 6.02. The maximum absolute atomic E-state index is 16.1. The number of nitrogens with one attached hydrogen (secondary N) is 1. The number of imidazole rings is 1. The number of ether oxygens (including phenoxy) is 2. The molecule has 0 radical (unpaired) electrons. The second kappa shape index (κ2) is 11.6. The molecule has 3 heterocycles. The number of anilines is 1. The molecule has 16 heteroatoms. The number of nitrogens with zero attached hydrogens (tertiary/aromatic N) is 3. The quantitative estimate of drug-likeness (QED) is 0.222. The van der Waals surface area contributed by atoms with Crippen molar-refractivity contribution in [2.45, 2.75) is 51.0 Å². The Kier molecular flexibility index (Phi) is 7.78. The van der Waals surface area contributed by atoms with Crippen molar-refractivity contribution >= 4 is 30.7 Å². The van der Waals surface area contributed by atoms with Gasteiger partial charge in [0.15, 0.2) is 17.4 Å². The summed E-state index contributed by atoms with van der Waals surface area (Å²) in [4.78, 5) is 34.5. The lowest BCUT2D eigenvalue weighted by Crippen LogP contribution is -2.45. The number of esters is 1. The molecule has 3 aromatic rings. The molecular formula is C24H30F2N5O8P.